The number of benzene rings is 2. The largest absolute Gasteiger partial charge is 0.326 e. The van der Waals surface area contributed by atoms with Gasteiger partial charge in [0, 0.05) is 6.54 Å². The molecule has 0 fully saturated rings. The normalized spacial score (nSPS) is 11.4. The molecular formula is C20H27N. The van der Waals surface area contributed by atoms with Crippen molar-refractivity contribution in [2.45, 2.75) is 53.0 Å². The number of hydrogen-bond donors (Lipinski definition) is 1. The highest BCUT2D eigenvalue weighted by Crippen LogP contribution is 2.34. The first-order valence-corrected chi connectivity index (χ1v) is 7.87. The van der Waals surface area contributed by atoms with E-state index < -0.39 is 0 Å². The second-order valence-corrected chi connectivity index (χ2v) is 6.52. The first-order valence-electron chi connectivity index (χ1n) is 7.87. The molecule has 0 aliphatic carbocycles. The number of hydrogen-bond acceptors (Lipinski definition) is 1. The zero-order valence-electron chi connectivity index (χ0n) is 13.9. The molecule has 0 unspecified atom stereocenters. The van der Waals surface area contributed by atoms with Crippen molar-refractivity contribution in [3.05, 3.63) is 58.7 Å². The Bertz CT molecular complexity index is 624. The lowest BCUT2D eigenvalue weighted by molar-refractivity contribution is 0.835. The maximum Gasteiger partial charge on any atom is 0.0184 e. The Morgan fingerprint density at radius 2 is 1.57 bits per heavy atom. The average molecular weight is 281 g/mol. The summed E-state index contributed by atoms with van der Waals surface area (Å²) in [5.41, 5.74) is 13.9. The van der Waals surface area contributed by atoms with Crippen molar-refractivity contribution >= 4 is 0 Å². The fourth-order valence-corrected chi connectivity index (χ4v) is 2.78. The molecule has 0 radical (unpaired) electrons. The van der Waals surface area contributed by atoms with Gasteiger partial charge in [0.1, 0.15) is 0 Å². The second kappa shape index (κ2) is 6.44. The van der Waals surface area contributed by atoms with Gasteiger partial charge in [0.05, 0.1) is 0 Å². The highest BCUT2D eigenvalue weighted by molar-refractivity contribution is 5.72. The predicted octanol–water partition coefficient (Wildman–Crippen LogP) is 5.37. The Kier molecular flexibility index (Phi) is 4.84. The monoisotopic (exact) mass is 281 g/mol. The van der Waals surface area contributed by atoms with Crippen LogP contribution in [0.1, 0.15) is 61.8 Å². The van der Waals surface area contributed by atoms with Crippen LogP contribution >= 0.6 is 0 Å². The molecule has 0 saturated heterocycles. The Morgan fingerprint density at radius 3 is 2.14 bits per heavy atom. The highest BCUT2D eigenvalue weighted by atomic mass is 14.5. The SMILES string of the molecule is Cc1ccc(CN)c(-c2ccc(C(C)C)cc2C(C)C)c1. The summed E-state index contributed by atoms with van der Waals surface area (Å²) < 4.78 is 0. The van der Waals surface area contributed by atoms with Gasteiger partial charge in [-0.15, -0.1) is 0 Å². The van der Waals surface area contributed by atoms with Gasteiger partial charge in [0.2, 0.25) is 0 Å². The topological polar surface area (TPSA) is 26.0 Å². The molecule has 2 rings (SSSR count). The van der Waals surface area contributed by atoms with Crippen LogP contribution in [0.25, 0.3) is 11.1 Å². The molecule has 0 bridgehead atoms. The molecule has 1 nitrogen and oxygen atoms in total. The summed E-state index contributed by atoms with van der Waals surface area (Å²) >= 11 is 0. The first kappa shape index (κ1) is 15.8. The molecule has 0 aliphatic rings. The lowest BCUT2D eigenvalue weighted by atomic mass is 9.86. The Hall–Kier alpha value is -1.60. The minimum Gasteiger partial charge on any atom is -0.326 e. The number of aryl methyl sites for hydroxylation is 1. The van der Waals surface area contributed by atoms with Crippen LogP contribution in [0.3, 0.4) is 0 Å². The minimum atomic E-state index is 0.504. The van der Waals surface area contributed by atoms with Crippen molar-refractivity contribution < 1.29 is 0 Å². The Morgan fingerprint density at radius 1 is 0.857 bits per heavy atom. The zero-order chi connectivity index (χ0) is 15.6. The van der Waals surface area contributed by atoms with Gasteiger partial charge in [-0.05, 0) is 46.6 Å². The van der Waals surface area contributed by atoms with E-state index in [0.717, 1.165) is 0 Å². The molecule has 0 spiro atoms. The standard InChI is InChI=1S/C20H27N/c1-13(2)16-8-9-18(19(11-16)14(3)4)20-10-15(5)6-7-17(20)12-21/h6-11,13-14H,12,21H2,1-5H3. The van der Waals surface area contributed by atoms with Crippen molar-refractivity contribution in [3.8, 4) is 11.1 Å². The quantitative estimate of drug-likeness (QED) is 0.801. The van der Waals surface area contributed by atoms with Crippen LogP contribution in [0.2, 0.25) is 0 Å². The van der Waals surface area contributed by atoms with Crippen LogP contribution < -0.4 is 5.73 Å². The van der Waals surface area contributed by atoms with E-state index in [0.29, 0.717) is 18.4 Å². The van der Waals surface area contributed by atoms with Crippen LogP contribution in [0.4, 0.5) is 0 Å². The summed E-state index contributed by atoms with van der Waals surface area (Å²) in [6.45, 7) is 11.7. The van der Waals surface area contributed by atoms with Gasteiger partial charge in [-0.25, -0.2) is 0 Å². The third-order valence-corrected chi connectivity index (χ3v) is 4.14. The molecule has 0 amide bonds. The van der Waals surface area contributed by atoms with Crippen LogP contribution in [0.5, 0.6) is 0 Å². The van der Waals surface area contributed by atoms with E-state index in [1.54, 1.807) is 0 Å². The second-order valence-electron chi connectivity index (χ2n) is 6.52. The molecular weight excluding hydrogens is 254 g/mol. The van der Waals surface area contributed by atoms with Gasteiger partial charge in [-0.2, -0.15) is 0 Å². The molecule has 0 aliphatic heterocycles. The maximum atomic E-state index is 5.94. The molecule has 0 heterocycles. The third kappa shape index (κ3) is 3.36. The van der Waals surface area contributed by atoms with Gasteiger partial charge in [-0.1, -0.05) is 69.7 Å². The molecule has 2 N–H and O–H groups in total. The van der Waals surface area contributed by atoms with Gasteiger partial charge < -0.3 is 5.73 Å². The number of nitrogens with two attached hydrogens (primary N) is 1. The van der Waals surface area contributed by atoms with E-state index in [2.05, 4.69) is 71.0 Å². The maximum absolute atomic E-state index is 5.94. The first-order chi connectivity index (χ1) is 9.93. The van der Waals surface area contributed by atoms with Gasteiger partial charge >= 0.3 is 0 Å². The van der Waals surface area contributed by atoms with Crippen LogP contribution in [0.15, 0.2) is 36.4 Å². The lowest BCUT2D eigenvalue weighted by Crippen LogP contribution is -2.02. The van der Waals surface area contributed by atoms with Crippen molar-refractivity contribution in [2.24, 2.45) is 5.73 Å². The molecule has 21 heavy (non-hydrogen) atoms. The van der Waals surface area contributed by atoms with Gasteiger partial charge in [-0.3, -0.25) is 0 Å². The molecule has 0 atom stereocenters. The van der Waals surface area contributed by atoms with Gasteiger partial charge in [0.25, 0.3) is 0 Å². The average Bonchev–Trinajstić information content (AvgIpc) is 2.46. The van der Waals surface area contributed by atoms with E-state index in [9.17, 15) is 0 Å². The fourth-order valence-electron chi connectivity index (χ4n) is 2.78. The van der Waals surface area contributed by atoms with Crippen LogP contribution in [-0.4, -0.2) is 0 Å². The van der Waals surface area contributed by atoms with Gasteiger partial charge in [0.15, 0.2) is 0 Å². The van der Waals surface area contributed by atoms with E-state index in [-0.39, 0.29) is 0 Å². The lowest BCUT2D eigenvalue weighted by Gasteiger charge is -2.19. The summed E-state index contributed by atoms with van der Waals surface area (Å²) in [6.07, 6.45) is 0. The summed E-state index contributed by atoms with van der Waals surface area (Å²) in [5.74, 6) is 1.06. The smallest absolute Gasteiger partial charge is 0.0184 e. The highest BCUT2D eigenvalue weighted by Gasteiger charge is 2.13. The summed E-state index contributed by atoms with van der Waals surface area (Å²) in [6, 6.07) is 13.5. The van der Waals surface area contributed by atoms with E-state index in [1.807, 2.05) is 0 Å². The molecule has 112 valence electrons. The fraction of sp³-hybridized carbons (Fsp3) is 0.400. The zero-order valence-corrected chi connectivity index (χ0v) is 13.9. The van der Waals surface area contributed by atoms with E-state index in [1.165, 1.54) is 33.4 Å². The van der Waals surface area contributed by atoms with Crippen molar-refractivity contribution in [1.29, 1.82) is 0 Å². The van der Waals surface area contributed by atoms with E-state index in [4.69, 9.17) is 5.73 Å². The summed E-state index contributed by atoms with van der Waals surface area (Å²) in [5, 5.41) is 0. The third-order valence-electron chi connectivity index (χ3n) is 4.14. The molecule has 2 aromatic carbocycles. The van der Waals surface area contributed by atoms with Crippen molar-refractivity contribution in [2.75, 3.05) is 0 Å². The van der Waals surface area contributed by atoms with Crippen LogP contribution in [0, 0.1) is 6.92 Å². The Labute approximate surface area is 129 Å². The summed E-state index contributed by atoms with van der Waals surface area (Å²) in [4.78, 5) is 0. The molecule has 0 saturated carbocycles. The van der Waals surface area contributed by atoms with Crippen LogP contribution in [-0.2, 0) is 6.54 Å². The molecule has 2 aromatic rings. The number of rotatable bonds is 4. The van der Waals surface area contributed by atoms with E-state index >= 15 is 0 Å². The predicted molar refractivity (Wildman–Crippen MR) is 92.7 cm³/mol. The minimum absolute atomic E-state index is 0.504. The van der Waals surface area contributed by atoms with Crippen molar-refractivity contribution in [3.63, 3.8) is 0 Å². The molecule has 0 aromatic heterocycles. The Balaban J connectivity index is 2.66. The summed E-state index contributed by atoms with van der Waals surface area (Å²) in [7, 11) is 0. The molecule has 1 heteroatoms. The van der Waals surface area contributed by atoms with Crippen molar-refractivity contribution in [1.82, 2.24) is 0 Å².